The summed E-state index contributed by atoms with van der Waals surface area (Å²) in [5.74, 6) is -0.680. The lowest BCUT2D eigenvalue weighted by molar-refractivity contribution is -0.115. The second-order valence-electron chi connectivity index (χ2n) is 10.3. The minimum absolute atomic E-state index is 0.0402. The number of nitrogens with one attached hydrogen (secondary N) is 2. The van der Waals surface area contributed by atoms with Crippen LogP contribution < -0.4 is 15.5 Å². The number of carbonyl (C=O) groups is 3. The third kappa shape index (κ3) is 7.20. The van der Waals surface area contributed by atoms with Crippen LogP contribution in [0.3, 0.4) is 0 Å². The smallest absolute Gasteiger partial charge is 0.272 e. The van der Waals surface area contributed by atoms with Crippen LogP contribution in [0.15, 0.2) is 148 Å². The summed E-state index contributed by atoms with van der Waals surface area (Å²) in [4.78, 5) is 44.8. The monoisotopic (exact) mass is 627 g/mol. The first kappa shape index (κ1) is 30.0. The summed E-state index contributed by atoms with van der Waals surface area (Å²) in [5.41, 5.74) is 4.72. The molecule has 0 saturated carbocycles. The Morgan fingerprint density at radius 1 is 0.756 bits per heavy atom. The highest BCUT2D eigenvalue weighted by molar-refractivity contribution is 8.00. The number of aryl methyl sites for hydroxylation is 1. The summed E-state index contributed by atoms with van der Waals surface area (Å²) in [6.07, 6.45) is 1.65. The molecule has 0 spiro atoms. The second kappa shape index (κ2) is 13.7. The van der Waals surface area contributed by atoms with Crippen molar-refractivity contribution in [1.29, 1.82) is 0 Å². The number of amides is 3. The normalized spacial score (nSPS) is 12.1. The number of anilines is 3. The third-order valence-corrected chi connectivity index (χ3v) is 9.16. The molecule has 8 heteroatoms. The number of para-hydroxylation sites is 2. The van der Waals surface area contributed by atoms with Gasteiger partial charge < -0.3 is 10.6 Å². The van der Waals surface area contributed by atoms with Crippen molar-refractivity contribution in [2.45, 2.75) is 21.6 Å². The number of nitrogens with zero attached hydrogens (tertiary/aromatic N) is 1. The van der Waals surface area contributed by atoms with E-state index < -0.39 is 5.91 Å². The van der Waals surface area contributed by atoms with Gasteiger partial charge >= 0.3 is 0 Å². The molecule has 1 heterocycles. The summed E-state index contributed by atoms with van der Waals surface area (Å²) in [6.45, 7) is 1.99. The van der Waals surface area contributed by atoms with E-state index in [1.807, 2.05) is 104 Å². The minimum atomic E-state index is -0.461. The Hall–Kier alpha value is -5.05. The van der Waals surface area contributed by atoms with Gasteiger partial charge in [0.15, 0.2) is 0 Å². The molecule has 2 N–H and O–H groups in total. The molecule has 0 unspecified atom stereocenters. The molecule has 0 bridgehead atoms. The van der Waals surface area contributed by atoms with Crippen molar-refractivity contribution < 1.29 is 14.4 Å². The van der Waals surface area contributed by atoms with Crippen LogP contribution >= 0.6 is 23.5 Å². The van der Waals surface area contributed by atoms with E-state index in [9.17, 15) is 14.4 Å². The predicted molar refractivity (Wildman–Crippen MR) is 183 cm³/mol. The van der Waals surface area contributed by atoms with Gasteiger partial charge in [0.2, 0.25) is 5.91 Å². The van der Waals surface area contributed by atoms with Crippen LogP contribution in [-0.2, 0) is 9.59 Å². The Morgan fingerprint density at radius 3 is 2.09 bits per heavy atom. The average Bonchev–Trinajstić information content (AvgIpc) is 3.07. The molecule has 222 valence electrons. The van der Waals surface area contributed by atoms with Crippen LogP contribution in [0.1, 0.15) is 21.5 Å². The second-order valence-corrected chi connectivity index (χ2v) is 12.5. The number of thioether (sulfide) groups is 1. The molecule has 6 rings (SSSR count). The lowest BCUT2D eigenvalue weighted by Crippen LogP contribution is -2.30. The van der Waals surface area contributed by atoms with Crippen LogP contribution in [0.2, 0.25) is 0 Å². The van der Waals surface area contributed by atoms with E-state index in [0.717, 1.165) is 37.2 Å². The zero-order valence-electron chi connectivity index (χ0n) is 24.4. The minimum Gasteiger partial charge on any atom is -0.321 e. The topological polar surface area (TPSA) is 78.5 Å². The van der Waals surface area contributed by atoms with Crippen molar-refractivity contribution >= 4 is 64.4 Å². The highest BCUT2D eigenvalue weighted by atomic mass is 32.2. The quantitative estimate of drug-likeness (QED) is 0.134. The Kier molecular flexibility index (Phi) is 9.14. The molecule has 1 aliphatic rings. The first-order valence-electron chi connectivity index (χ1n) is 14.3. The molecule has 0 fully saturated rings. The van der Waals surface area contributed by atoms with Gasteiger partial charge in [0.25, 0.3) is 11.8 Å². The first-order chi connectivity index (χ1) is 21.9. The Morgan fingerprint density at radius 2 is 1.40 bits per heavy atom. The molecule has 0 aromatic heterocycles. The van der Waals surface area contributed by atoms with Crippen molar-refractivity contribution in [3.05, 3.63) is 150 Å². The Labute approximate surface area is 270 Å². The maximum absolute atomic E-state index is 13.6. The molecule has 6 nitrogen and oxygen atoms in total. The molecular formula is C37H29N3O3S2. The molecule has 3 amide bonds. The summed E-state index contributed by atoms with van der Waals surface area (Å²) >= 11 is 3.06. The number of fused-ring (bicyclic) bond motifs is 2. The van der Waals surface area contributed by atoms with Crippen LogP contribution in [0, 0.1) is 6.92 Å². The predicted octanol–water partition coefficient (Wildman–Crippen LogP) is 8.33. The zero-order valence-corrected chi connectivity index (χ0v) is 26.0. The van der Waals surface area contributed by atoms with Crippen molar-refractivity contribution in [1.82, 2.24) is 5.32 Å². The fourth-order valence-electron chi connectivity index (χ4n) is 4.82. The maximum atomic E-state index is 13.6. The van der Waals surface area contributed by atoms with Gasteiger partial charge in [0, 0.05) is 25.9 Å². The maximum Gasteiger partial charge on any atom is 0.272 e. The van der Waals surface area contributed by atoms with Gasteiger partial charge in [-0.2, -0.15) is 0 Å². The van der Waals surface area contributed by atoms with Crippen LogP contribution in [0.4, 0.5) is 17.1 Å². The number of hydrogen-bond acceptors (Lipinski definition) is 5. The average molecular weight is 628 g/mol. The third-order valence-electron chi connectivity index (χ3n) is 7.05. The number of carbonyl (C=O) groups excluding carboxylic acids is 3. The van der Waals surface area contributed by atoms with Gasteiger partial charge in [-0.1, -0.05) is 90.1 Å². The molecule has 0 atom stereocenters. The summed E-state index contributed by atoms with van der Waals surface area (Å²) in [6, 6.07) is 39.6. The van der Waals surface area contributed by atoms with E-state index in [1.54, 1.807) is 53.1 Å². The molecule has 0 aliphatic carbocycles. The first-order valence-corrected chi connectivity index (χ1v) is 16.1. The van der Waals surface area contributed by atoms with Crippen molar-refractivity contribution in [2.75, 3.05) is 16.0 Å². The Balaban J connectivity index is 1.18. The molecule has 45 heavy (non-hydrogen) atoms. The molecule has 1 aliphatic heterocycles. The lowest BCUT2D eigenvalue weighted by atomic mass is 10.1. The lowest BCUT2D eigenvalue weighted by Gasteiger charge is -2.31. The number of hydrogen-bond donors (Lipinski definition) is 2. The van der Waals surface area contributed by atoms with E-state index in [4.69, 9.17) is 0 Å². The van der Waals surface area contributed by atoms with Crippen LogP contribution in [0.5, 0.6) is 0 Å². The van der Waals surface area contributed by atoms with Gasteiger partial charge in [-0.05, 0) is 73.2 Å². The molecule has 5 aromatic rings. The van der Waals surface area contributed by atoms with E-state index >= 15 is 0 Å². The summed E-state index contributed by atoms with van der Waals surface area (Å²) < 4.78 is 0. The van der Waals surface area contributed by atoms with Crippen molar-refractivity contribution in [3.63, 3.8) is 0 Å². The molecule has 0 saturated heterocycles. The van der Waals surface area contributed by atoms with Crippen molar-refractivity contribution in [2.24, 2.45) is 0 Å². The van der Waals surface area contributed by atoms with Gasteiger partial charge in [-0.15, -0.1) is 11.8 Å². The van der Waals surface area contributed by atoms with Crippen LogP contribution in [0.25, 0.3) is 6.08 Å². The Bertz CT molecular complexity index is 1860. The van der Waals surface area contributed by atoms with Gasteiger partial charge in [-0.25, -0.2) is 0 Å². The van der Waals surface area contributed by atoms with E-state index in [2.05, 4.69) is 10.6 Å². The fourth-order valence-corrected chi connectivity index (χ4v) is 6.68. The summed E-state index contributed by atoms with van der Waals surface area (Å²) in [5, 5.41) is 5.69. The van der Waals surface area contributed by atoms with Gasteiger partial charge in [0.1, 0.15) is 5.70 Å². The molecular weight excluding hydrogens is 599 g/mol. The van der Waals surface area contributed by atoms with E-state index in [1.165, 1.54) is 11.8 Å². The fraction of sp³-hybridized carbons (Fsp3) is 0.0541. The molecule has 0 radical (unpaired) electrons. The van der Waals surface area contributed by atoms with E-state index in [-0.39, 0.29) is 23.3 Å². The highest BCUT2D eigenvalue weighted by Gasteiger charge is 2.27. The van der Waals surface area contributed by atoms with Gasteiger partial charge in [-0.3, -0.25) is 19.3 Å². The standard InChI is InChI=1S/C37H29N3O3S2/c1-25-18-20-26(21-19-25)22-30(39-36(42)27-10-3-2-4-11-27)37(43)38-28-12-9-13-29(23-28)44-24-35(41)40-31-14-5-7-16-33(31)45-34-17-8-6-15-32(34)40/h2-23H,24H2,1H3,(H,38,43)(H,39,42)/b30-22+. The largest absolute Gasteiger partial charge is 0.321 e. The highest BCUT2D eigenvalue weighted by Crippen LogP contribution is 2.48. The number of rotatable bonds is 8. The van der Waals surface area contributed by atoms with Gasteiger partial charge in [0.05, 0.1) is 17.1 Å². The SMILES string of the molecule is Cc1ccc(/C=C(/NC(=O)c2ccccc2)C(=O)Nc2cccc(SCC(=O)N3c4ccccc4Sc4ccccc43)c2)cc1. The zero-order chi connectivity index (χ0) is 31.2. The van der Waals surface area contributed by atoms with Crippen molar-refractivity contribution in [3.8, 4) is 0 Å². The van der Waals surface area contributed by atoms with Crippen LogP contribution in [-0.4, -0.2) is 23.5 Å². The summed E-state index contributed by atoms with van der Waals surface area (Å²) in [7, 11) is 0. The number of benzene rings is 5. The van der Waals surface area contributed by atoms with E-state index in [0.29, 0.717) is 11.3 Å². The molecule has 5 aromatic carbocycles.